The first-order chi connectivity index (χ1) is 8.56. The van der Waals surface area contributed by atoms with E-state index in [1.54, 1.807) is 0 Å². The van der Waals surface area contributed by atoms with Crippen LogP contribution in [-0.4, -0.2) is 41.5 Å². The van der Waals surface area contributed by atoms with Crippen LogP contribution in [0.3, 0.4) is 0 Å². The van der Waals surface area contributed by atoms with Crippen LogP contribution < -0.4 is 0 Å². The van der Waals surface area contributed by atoms with E-state index in [0.717, 1.165) is 44.8 Å². The maximum atomic E-state index is 12.5. The summed E-state index contributed by atoms with van der Waals surface area (Å²) in [6.45, 7) is 11.5. The van der Waals surface area contributed by atoms with Gasteiger partial charge in [-0.05, 0) is 39.0 Å². The highest BCUT2D eigenvalue weighted by Crippen LogP contribution is 2.18. The van der Waals surface area contributed by atoms with Crippen molar-refractivity contribution in [1.29, 1.82) is 0 Å². The van der Waals surface area contributed by atoms with E-state index in [2.05, 4.69) is 27.7 Å². The number of piperidine rings is 1. The molecule has 2 amide bonds. The second-order valence-electron chi connectivity index (χ2n) is 5.95. The van der Waals surface area contributed by atoms with Crippen LogP contribution in [0.5, 0.6) is 0 Å². The molecule has 3 nitrogen and oxygen atoms in total. The molecule has 1 saturated heterocycles. The van der Waals surface area contributed by atoms with Crippen molar-refractivity contribution in [2.75, 3.05) is 19.6 Å². The highest BCUT2D eigenvalue weighted by Gasteiger charge is 2.25. The van der Waals surface area contributed by atoms with Crippen LogP contribution in [0.25, 0.3) is 0 Å². The van der Waals surface area contributed by atoms with Gasteiger partial charge in [-0.1, -0.05) is 26.7 Å². The van der Waals surface area contributed by atoms with Gasteiger partial charge >= 0.3 is 6.03 Å². The molecular weight excluding hydrogens is 224 g/mol. The average Bonchev–Trinajstić information content (AvgIpc) is 2.34. The van der Waals surface area contributed by atoms with Crippen LogP contribution in [0, 0.1) is 5.92 Å². The van der Waals surface area contributed by atoms with Crippen LogP contribution in [0.2, 0.25) is 0 Å². The summed E-state index contributed by atoms with van der Waals surface area (Å²) in [4.78, 5) is 16.6. The lowest BCUT2D eigenvalue weighted by atomic mass is 9.99. The molecule has 0 saturated carbocycles. The molecule has 0 bridgehead atoms. The van der Waals surface area contributed by atoms with E-state index in [9.17, 15) is 4.79 Å². The summed E-state index contributed by atoms with van der Waals surface area (Å²) in [5, 5.41) is 0. The number of carbonyl (C=O) groups is 1. The van der Waals surface area contributed by atoms with Gasteiger partial charge in [0.2, 0.25) is 0 Å². The fourth-order valence-electron chi connectivity index (χ4n) is 2.49. The first kappa shape index (κ1) is 15.3. The van der Waals surface area contributed by atoms with Crippen molar-refractivity contribution in [2.24, 2.45) is 5.92 Å². The number of amides is 2. The van der Waals surface area contributed by atoms with Crippen molar-refractivity contribution in [3.05, 3.63) is 0 Å². The van der Waals surface area contributed by atoms with Gasteiger partial charge in [-0.25, -0.2) is 4.79 Å². The molecule has 1 fully saturated rings. The Balaban J connectivity index is 2.48. The van der Waals surface area contributed by atoms with E-state index in [4.69, 9.17) is 0 Å². The zero-order valence-electron chi connectivity index (χ0n) is 12.6. The van der Waals surface area contributed by atoms with Crippen molar-refractivity contribution in [3.8, 4) is 0 Å². The van der Waals surface area contributed by atoms with Gasteiger partial charge in [0, 0.05) is 25.7 Å². The van der Waals surface area contributed by atoms with Gasteiger partial charge in [-0.3, -0.25) is 0 Å². The Kier molecular flexibility index (Phi) is 6.51. The summed E-state index contributed by atoms with van der Waals surface area (Å²) < 4.78 is 0. The van der Waals surface area contributed by atoms with Crippen LogP contribution >= 0.6 is 0 Å². The average molecular weight is 254 g/mol. The van der Waals surface area contributed by atoms with Gasteiger partial charge in [-0.15, -0.1) is 0 Å². The quantitative estimate of drug-likeness (QED) is 0.686. The lowest BCUT2D eigenvalue weighted by Crippen LogP contribution is -2.49. The third kappa shape index (κ3) is 4.51. The molecule has 1 aliphatic heterocycles. The zero-order chi connectivity index (χ0) is 13.5. The van der Waals surface area contributed by atoms with Gasteiger partial charge in [0.1, 0.15) is 0 Å². The molecular formula is C15H30N2O. The normalized spacial score (nSPS) is 17.3. The van der Waals surface area contributed by atoms with Gasteiger partial charge in [0.05, 0.1) is 0 Å². The fourth-order valence-corrected chi connectivity index (χ4v) is 2.49. The SMILES string of the molecule is CCCCCN(C(=O)N1CCC(C)CC1)C(C)C. The second kappa shape index (κ2) is 7.65. The molecule has 1 rings (SSSR count). The van der Waals surface area contributed by atoms with Crippen LogP contribution in [0.15, 0.2) is 0 Å². The minimum absolute atomic E-state index is 0.257. The van der Waals surface area contributed by atoms with Crippen LogP contribution in [0.1, 0.15) is 59.8 Å². The van der Waals surface area contributed by atoms with E-state index in [1.807, 2.05) is 9.80 Å². The Bertz CT molecular complexity index is 245. The molecule has 18 heavy (non-hydrogen) atoms. The Morgan fingerprint density at radius 2 is 1.89 bits per heavy atom. The fraction of sp³-hybridized carbons (Fsp3) is 0.933. The standard InChI is InChI=1S/C15H30N2O/c1-5-6-7-10-17(13(2)3)15(18)16-11-8-14(4)9-12-16/h13-14H,5-12H2,1-4H3. The van der Waals surface area contributed by atoms with Crippen molar-refractivity contribution in [3.63, 3.8) is 0 Å². The van der Waals surface area contributed by atoms with E-state index in [1.165, 1.54) is 12.8 Å². The summed E-state index contributed by atoms with van der Waals surface area (Å²) in [7, 11) is 0. The lowest BCUT2D eigenvalue weighted by molar-refractivity contribution is 0.123. The number of carbonyl (C=O) groups excluding carboxylic acids is 1. The van der Waals surface area contributed by atoms with Gasteiger partial charge in [0.25, 0.3) is 0 Å². The molecule has 1 aliphatic rings. The Morgan fingerprint density at radius 1 is 1.28 bits per heavy atom. The number of urea groups is 1. The summed E-state index contributed by atoms with van der Waals surface area (Å²) in [6.07, 6.45) is 5.87. The number of likely N-dealkylation sites (tertiary alicyclic amines) is 1. The first-order valence-electron chi connectivity index (χ1n) is 7.61. The number of hydrogen-bond acceptors (Lipinski definition) is 1. The second-order valence-corrected chi connectivity index (χ2v) is 5.95. The molecule has 3 heteroatoms. The van der Waals surface area contributed by atoms with E-state index in [-0.39, 0.29) is 6.03 Å². The summed E-state index contributed by atoms with van der Waals surface area (Å²) in [5.41, 5.74) is 0. The molecule has 1 heterocycles. The number of unbranched alkanes of at least 4 members (excludes halogenated alkanes) is 2. The number of rotatable bonds is 5. The van der Waals surface area contributed by atoms with Crippen molar-refractivity contribution in [1.82, 2.24) is 9.80 Å². The first-order valence-corrected chi connectivity index (χ1v) is 7.61. The van der Waals surface area contributed by atoms with E-state index >= 15 is 0 Å². The van der Waals surface area contributed by atoms with Crippen molar-refractivity contribution >= 4 is 6.03 Å². The predicted molar refractivity (Wildman–Crippen MR) is 76.7 cm³/mol. The number of hydrogen-bond donors (Lipinski definition) is 0. The maximum absolute atomic E-state index is 12.5. The minimum atomic E-state index is 0.257. The Labute approximate surface area is 113 Å². The van der Waals surface area contributed by atoms with Crippen molar-refractivity contribution < 1.29 is 4.79 Å². The third-order valence-corrected chi connectivity index (χ3v) is 3.93. The molecule has 0 atom stereocenters. The Hall–Kier alpha value is -0.730. The summed E-state index contributed by atoms with van der Waals surface area (Å²) in [5.74, 6) is 0.779. The molecule has 0 N–H and O–H groups in total. The molecule has 106 valence electrons. The third-order valence-electron chi connectivity index (χ3n) is 3.93. The van der Waals surface area contributed by atoms with Crippen LogP contribution in [0.4, 0.5) is 4.79 Å². The largest absolute Gasteiger partial charge is 0.325 e. The maximum Gasteiger partial charge on any atom is 0.320 e. The van der Waals surface area contributed by atoms with Crippen molar-refractivity contribution in [2.45, 2.75) is 65.8 Å². The lowest BCUT2D eigenvalue weighted by Gasteiger charge is -2.36. The van der Waals surface area contributed by atoms with E-state index in [0.29, 0.717) is 6.04 Å². The molecule has 0 radical (unpaired) electrons. The highest BCUT2D eigenvalue weighted by atomic mass is 16.2. The topological polar surface area (TPSA) is 23.6 Å². The smallest absolute Gasteiger partial charge is 0.320 e. The van der Waals surface area contributed by atoms with Gasteiger partial charge in [-0.2, -0.15) is 0 Å². The Morgan fingerprint density at radius 3 is 2.39 bits per heavy atom. The molecule has 0 spiro atoms. The van der Waals surface area contributed by atoms with E-state index < -0.39 is 0 Å². The zero-order valence-corrected chi connectivity index (χ0v) is 12.6. The van der Waals surface area contributed by atoms with Crippen LogP contribution in [-0.2, 0) is 0 Å². The predicted octanol–water partition coefficient (Wildman–Crippen LogP) is 3.74. The van der Waals surface area contributed by atoms with Gasteiger partial charge < -0.3 is 9.80 Å². The monoisotopic (exact) mass is 254 g/mol. The molecule has 0 aromatic heterocycles. The van der Waals surface area contributed by atoms with Gasteiger partial charge in [0.15, 0.2) is 0 Å². The summed E-state index contributed by atoms with van der Waals surface area (Å²) >= 11 is 0. The molecule has 0 aromatic carbocycles. The minimum Gasteiger partial charge on any atom is -0.325 e. The number of nitrogens with zero attached hydrogens (tertiary/aromatic N) is 2. The summed E-state index contributed by atoms with van der Waals surface area (Å²) in [6, 6.07) is 0.571. The molecule has 0 aliphatic carbocycles. The highest BCUT2D eigenvalue weighted by molar-refractivity contribution is 5.74. The molecule has 0 unspecified atom stereocenters. The molecule has 0 aromatic rings.